The van der Waals surface area contributed by atoms with Crippen LogP contribution in [0.4, 0.5) is 13.2 Å². The molecule has 32 heavy (non-hydrogen) atoms. The summed E-state index contributed by atoms with van der Waals surface area (Å²) in [6.07, 6.45) is -0.346. The summed E-state index contributed by atoms with van der Waals surface area (Å²) in [6.45, 7) is 0.661. The average Bonchev–Trinajstić information content (AvgIpc) is 3.54. The van der Waals surface area contributed by atoms with Crippen molar-refractivity contribution in [2.45, 2.75) is 37.9 Å². The van der Waals surface area contributed by atoms with Gasteiger partial charge in [0.2, 0.25) is 0 Å². The van der Waals surface area contributed by atoms with Crippen molar-refractivity contribution in [3.8, 4) is 0 Å². The van der Waals surface area contributed by atoms with Crippen LogP contribution in [0, 0.1) is 0 Å². The second kappa shape index (κ2) is 9.42. The Bertz CT molecular complexity index is 1080. The number of aromatic nitrogens is 2. The number of hydrogen-bond donors (Lipinski definition) is 1. The first-order chi connectivity index (χ1) is 15.4. The minimum Gasteiger partial charge on any atom is -0.352 e. The summed E-state index contributed by atoms with van der Waals surface area (Å²) in [6, 6.07) is 20.1. The number of hydrogen-bond acceptors (Lipinski definition) is 2. The number of rotatable bonds is 8. The monoisotopic (exact) mass is 439 g/mol. The zero-order valence-electron chi connectivity index (χ0n) is 17.5. The largest absolute Gasteiger partial charge is 0.435 e. The van der Waals surface area contributed by atoms with Crippen LogP contribution in [0.5, 0.6) is 0 Å². The summed E-state index contributed by atoms with van der Waals surface area (Å²) in [7, 11) is 0. The quantitative estimate of drug-likeness (QED) is 0.285. The van der Waals surface area contributed by atoms with Crippen molar-refractivity contribution in [2.24, 2.45) is 0 Å². The predicted octanol–water partition coefficient (Wildman–Crippen LogP) is 5.53. The van der Waals surface area contributed by atoms with E-state index in [4.69, 9.17) is 0 Å². The summed E-state index contributed by atoms with van der Waals surface area (Å²) in [5.41, 5.74) is 2.03. The number of aryl methyl sites for hydroxylation is 1. The molecule has 0 unspecified atom stereocenters. The molecule has 3 aromatic rings. The maximum atomic E-state index is 13.0. The fourth-order valence-corrected chi connectivity index (χ4v) is 3.60. The van der Waals surface area contributed by atoms with Gasteiger partial charge in [0.1, 0.15) is 0 Å². The van der Waals surface area contributed by atoms with Crippen molar-refractivity contribution in [1.82, 2.24) is 15.1 Å². The molecule has 0 saturated heterocycles. The minimum atomic E-state index is -4.45. The van der Waals surface area contributed by atoms with Crippen molar-refractivity contribution < 1.29 is 18.0 Å². The molecule has 4 nitrogen and oxygen atoms in total. The molecule has 1 aliphatic carbocycles. The van der Waals surface area contributed by atoms with E-state index in [0.29, 0.717) is 30.8 Å². The van der Waals surface area contributed by atoms with E-state index in [1.54, 1.807) is 0 Å². The van der Waals surface area contributed by atoms with E-state index < -0.39 is 11.9 Å². The van der Waals surface area contributed by atoms with Gasteiger partial charge in [-0.1, -0.05) is 60.7 Å². The SMILES string of the molecule is O=C(NCCCn1nc(C(F)(F)F)cc1C1CC1)/C(=C\c1ccccc1)c1ccccc1. The molecule has 166 valence electrons. The Hall–Kier alpha value is -3.35. The van der Waals surface area contributed by atoms with Crippen LogP contribution in [0.1, 0.15) is 47.7 Å². The van der Waals surface area contributed by atoms with Gasteiger partial charge in [-0.05, 0) is 42.5 Å². The summed E-state index contributed by atoms with van der Waals surface area (Å²) in [4.78, 5) is 12.9. The molecule has 1 fully saturated rings. The van der Waals surface area contributed by atoms with E-state index in [9.17, 15) is 18.0 Å². The first kappa shape index (κ1) is 21.9. The van der Waals surface area contributed by atoms with Gasteiger partial charge in [0.25, 0.3) is 5.91 Å². The van der Waals surface area contributed by atoms with Crippen molar-refractivity contribution in [3.05, 3.63) is 89.2 Å². The van der Waals surface area contributed by atoms with Crippen LogP contribution in [-0.4, -0.2) is 22.2 Å². The summed E-state index contributed by atoms with van der Waals surface area (Å²) in [5.74, 6) is -0.0643. The van der Waals surface area contributed by atoms with Gasteiger partial charge in [0.15, 0.2) is 5.69 Å². The fraction of sp³-hybridized carbons (Fsp3) is 0.280. The molecule has 7 heteroatoms. The zero-order valence-corrected chi connectivity index (χ0v) is 17.5. The molecule has 0 bridgehead atoms. The topological polar surface area (TPSA) is 46.9 Å². The first-order valence-corrected chi connectivity index (χ1v) is 10.7. The summed E-state index contributed by atoms with van der Waals surface area (Å²) < 4.78 is 40.6. The molecule has 2 aromatic carbocycles. The zero-order chi connectivity index (χ0) is 22.6. The number of alkyl halides is 3. The molecule has 0 radical (unpaired) electrons. The molecule has 1 saturated carbocycles. The fourth-order valence-electron chi connectivity index (χ4n) is 3.60. The molecule has 0 atom stereocenters. The van der Waals surface area contributed by atoms with Crippen molar-refractivity contribution in [1.29, 1.82) is 0 Å². The Labute approximate surface area is 184 Å². The number of carbonyl (C=O) groups is 1. The lowest BCUT2D eigenvalue weighted by Crippen LogP contribution is -2.26. The van der Waals surface area contributed by atoms with E-state index in [-0.39, 0.29) is 11.8 Å². The van der Waals surface area contributed by atoms with Crippen molar-refractivity contribution in [2.75, 3.05) is 6.54 Å². The van der Waals surface area contributed by atoms with Crippen LogP contribution in [0.3, 0.4) is 0 Å². The highest BCUT2D eigenvalue weighted by Crippen LogP contribution is 2.42. The van der Waals surface area contributed by atoms with Crippen LogP contribution in [0.25, 0.3) is 11.6 Å². The predicted molar refractivity (Wildman–Crippen MR) is 118 cm³/mol. The lowest BCUT2D eigenvalue weighted by atomic mass is 10.0. The Morgan fingerprint density at radius 2 is 1.72 bits per heavy atom. The van der Waals surface area contributed by atoms with Gasteiger partial charge in [0.05, 0.1) is 0 Å². The summed E-state index contributed by atoms with van der Waals surface area (Å²) in [5, 5.41) is 6.67. The number of carbonyl (C=O) groups excluding carboxylic acids is 1. The lowest BCUT2D eigenvalue weighted by Gasteiger charge is -2.11. The van der Waals surface area contributed by atoms with Gasteiger partial charge in [0, 0.05) is 30.3 Å². The van der Waals surface area contributed by atoms with Gasteiger partial charge in [-0.25, -0.2) is 0 Å². The molecule has 1 aliphatic rings. The van der Waals surface area contributed by atoms with E-state index in [2.05, 4.69) is 10.4 Å². The number of halogens is 3. The molecule has 0 aliphatic heterocycles. The maximum absolute atomic E-state index is 13.0. The highest BCUT2D eigenvalue weighted by atomic mass is 19.4. The van der Waals surface area contributed by atoms with Crippen LogP contribution in [0.15, 0.2) is 66.7 Å². The van der Waals surface area contributed by atoms with Gasteiger partial charge >= 0.3 is 6.18 Å². The standard InChI is InChI=1S/C25H24F3N3O/c26-25(27,28)23-17-22(20-12-13-20)31(30-23)15-7-14-29-24(32)21(19-10-5-2-6-11-19)16-18-8-3-1-4-9-18/h1-6,8-11,16-17,20H,7,12-15H2,(H,29,32)/b21-16-. The second-order valence-electron chi connectivity index (χ2n) is 7.89. The molecule has 0 spiro atoms. The Morgan fingerprint density at radius 3 is 2.34 bits per heavy atom. The minimum absolute atomic E-state index is 0.159. The van der Waals surface area contributed by atoms with E-state index in [0.717, 1.165) is 30.0 Å². The van der Waals surface area contributed by atoms with Gasteiger partial charge < -0.3 is 5.32 Å². The van der Waals surface area contributed by atoms with E-state index >= 15 is 0 Å². The molecular weight excluding hydrogens is 415 g/mol. The third-order valence-electron chi connectivity index (χ3n) is 5.37. The number of benzene rings is 2. The third kappa shape index (κ3) is 5.46. The molecular formula is C25H24F3N3O. The second-order valence-corrected chi connectivity index (χ2v) is 7.89. The van der Waals surface area contributed by atoms with Gasteiger partial charge in [-0.3, -0.25) is 9.48 Å². The van der Waals surface area contributed by atoms with Gasteiger partial charge in [-0.15, -0.1) is 0 Å². The van der Waals surface area contributed by atoms with Crippen LogP contribution in [0.2, 0.25) is 0 Å². The maximum Gasteiger partial charge on any atom is 0.435 e. The Balaban J connectivity index is 1.41. The smallest absolute Gasteiger partial charge is 0.352 e. The highest BCUT2D eigenvalue weighted by molar-refractivity contribution is 6.24. The van der Waals surface area contributed by atoms with Crippen LogP contribution >= 0.6 is 0 Å². The Kier molecular flexibility index (Phi) is 6.44. The summed E-state index contributed by atoms with van der Waals surface area (Å²) >= 11 is 0. The van der Waals surface area contributed by atoms with Crippen molar-refractivity contribution >= 4 is 17.6 Å². The normalized spacial score (nSPS) is 14.4. The van der Waals surface area contributed by atoms with Gasteiger partial charge in [-0.2, -0.15) is 18.3 Å². The molecule has 1 amide bonds. The Morgan fingerprint density at radius 1 is 1.06 bits per heavy atom. The van der Waals surface area contributed by atoms with Crippen LogP contribution < -0.4 is 5.32 Å². The number of nitrogens with zero attached hydrogens (tertiary/aromatic N) is 2. The number of amides is 1. The first-order valence-electron chi connectivity index (χ1n) is 10.7. The third-order valence-corrected chi connectivity index (χ3v) is 5.37. The molecule has 1 N–H and O–H groups in total. The highest BCUT2D eigenvalue weighted by Gasteiger charge is 2.37. The molecule has 1 aromatic heterocycles. The van der Waals surface area contributed by atoms with E-state index in [1.807, 2.05) is 66.7 Å². The number of nitrogens with one attached hydrogen (secondary N) is 1. The van der Waals surface area contributed by atoms with E-state index in [1.165, 1.54) is 4.68 Å². The van der Waals surface area contributed by atoms with Crippen LogP contribution in [-0.2, 0) is 17.5 Å². The molecule has 4 rings (SSSR count). The average molecular weight is 439 g/mol. The lowest BCUT2D eigenvalue weighted by molar-refractivity contribution is -0.141. The van der Waals surface area contributed by atoms with Crippen molar-refractivity contribution in [3.63, 3.8) is 0 Å². The molecule has 1 heterocycles.